The number of carbonyl (C=O) groups is 1. The van der Waals surface area contributed by atoms with Gasteiger partial charge < -0.3 is 15.0 Å². The lowest BCUT2D eigenvalue weighted by Gasteiger charge is -2.29. The van der Waals surface area contributed by atoms with Crippen molar-refractivity contribution in [3.05, 3.63) is 0 Å². The molecule has 1 N–H and O–H groups in total. The zero-order chi connectivity index (χ0) is 11.8. The molecule has 16 heavy (non-hydrogen) atoms. The van der Waals surface area contributed by atoms with Gasteiger partial charge in [0.2, 0.25) is 0 Å². The minimum absolute atomic E-state index is 0.298. The summed E-state index contributed by atoms with van der Waals surface area (Å²) in [5.41, 5.74) is 0. The topological polar surface area (TPSA) is 41.6 Å². The van der Waals surface area contributed by atoms with Crippen LogP contribution in [0.5, 0.6) is 0 Å². The van der Waals surface area contributed by atoms with Gasteiger partial charge in [-0.25, -0.2) is 4.79 Å². The molecule has 1 unspecified atom stereocenters. The third kappa shape index (κ3) is 5.35. The fraction of sp³-hybridized carbons (Fsp3) is 0.917. The number of ether oxygens (including phenoxy) is 1. The average Bonchev–Trinajstić information content (AvgIpc) is 2.28. The van der Waals surface area contributed by atoms with E-state index in [-0.39, 0.29) is 6.09 Å². The van der Waals surface area contributed by atoms with Gasteiger partial charge in [-0.3, -0.25) is 0 Å². The molecule has 1 fully saturated rings. The van der Waals surface area contributed by atoms with Crippen molar-refractivity contribution in [1.29, 1.82) is 0 Å². The summed E-state index contributed by atoms with van der Waals surface area (Å²) in [4.78, 5) is 13.6. The predicted molar refractivity (Wildman–Crippen MR) is 64.5 cm³/mol. The van der Waals surface area contributed by atoms with Crippen LogP contribution in [0.25, 0.3) is 0 Å². The summed E-state index contributed by atoms with van der Waals surface area (Å²) >= 11 is 0. The minimum atomic E-state index is -0.298. The van der Waals surface area contributed by atoms with E-state index < -0.39 is 0 Å². The molecule has 0 aromatic rings. The fourth-order valence-corrected chi connectivity index (χ4v) is 2.09. The summed E-state index contributed by atoms with van der Waals surface area (Å²) in [6.07, 6.45) is 3.70. The lowest BCUT2D eigenvalue weighted by molar-refractivity contribution is 0.147. The molecule has 94 valence electrons. The van der Waals surface area contributed by atoms with Crippen LogP contribution in [0.15, 0.2) is 0 Å². The van der Waals surface area contributed by atoms with E-state index in [0.29, 0.717) is 19.1 Å². The summed E-state index contributed by atoms with van der Waals surface area (Å²) in [5, 5.41) is 2.79. The van der Waals surface area contributed by atoms with E-state index in [2.05, 4.69) is 17.1 Å². The molecule has 1 heterocycles. The van der Waals surface area contributed by atoms with Crippen LogP contribution < -0.4 is 5.32 Å². The molecule has 0 bridgehead atoms. The molecule has 1 aliphatic rings. The summed E-state index contributed by atoms with van der Waals surface area (Å²) < 4.78 is 4.82. The van der Waals surface area contributed by atoms with Crippen molar-refractivity contribution < 1.29 is 9.53 Å². The first-order valence-electron chi connectivity index (χ1n) is 6.35. The number of hydrogen-bond acceptors (Lipinski definition) is 3. The Hall–Kier alpha value is -0.770. The highest BCUT2D eigenvalue weighted by molar-refractivity contribution is 5.66. The Bertz CT molecular complexity index is 203. The minimum Gasteiger partial charge on any atom is -0.450 e. The van der Waals surface area contributed by atoms with Gasteiger partial charge in [0.05, 0.1) is 6.61 Å². The smallest absolute Gasteiger partial charge is 0.407 e. The first-order valence-corrected chi connectivity index (χ1v) is 6.35. The van der Waals surface area contributed by atoms with E-state index in [9.17, 15) is 4.79 Å². The Labute approximate surface area is 98.3 Å². The Balaban J connectivity index is 2.09. The number of nitrogens with one attached hydrogen (secondary N) is 1. The molecule has 1 saturated heterocycles. The van der Waals surface area contributed by atoms with Crippen molar-refractivity contribution in [3.8, 4) is 0 Å². The number of carbonyl (C=O) groups excluding carboxylic acids is 1. The first kappa shape index (κ1) is 13.3. The van der Waals surface area contributed by atoms with E-state index in [1.807, 2.05) is 6.92 Å². The zero-order valence-electron chi connectivity index (χ0n) is 10.5. The largest absolute Gasteiger partial charge is 0.450 e. The maximum absolute atomic E-state index is 11.1. The van der Waals surface area contributed by atoms with Crippen LogP contribution in [-0.2, 0) is 4.74 Å². The zero-order valence-corrected chi connectivity index (χ0v) is 10.5. The molecule has 1 aliphatic heterocycles. The maximum Gasteiger partial charge on any atom is 0.407 e. The second-order valence-electron chi connectivity index (χ2n) is 4.57. The third-order valence-corrected chi connectivity index (χ3v) is 2.89. The Morgan fingerprint density at radius 1 is 1.38 bits per heavy atom. The van der Waals surface area contributed by atoms with Gasteiger partial charge in [0.1, 0.15) is 0 Å². The SMILES string of the molecule is CCOC(=O)NCC(C)CN1CCCCC1. The standard InChI is InChI=1S/C12H24N2O2/c1-3-16-12(15)13-9-11(2)10-14-7-5-4-6-8-14/h11H,3-10H2,1-2H3,(H,13,15). The Kier molecular flexibility index (Phi) is 6.23. The van der Waals surface area contributed by atoms with Crippen molar-refractivity contribution in [1.82, 2.24) is 10.2 Å². The van der Waals surface area contributed by atoms with Crippen molar-refractivity contribution in [2.75, 3.05) is 32.8 Å². The molecule has 1 atom stereocenters. The Morgan fingerprint density at radius 3 is 2.69 bits per heavy atom. The molecule has 0 aromatic carbocycles. The van der Waals surface area contributed by atoms with Gasteiger partial charge in [-0.2, -0.15) is 0 Å². The maximum atomic E-state index is 11.1. The summed E-state index contributed by atoms with van der Waals surface area (Å²) in [6, 6.07) is 0. The van der Waals surface area contributed by atoms with Crippen LogP contribution in [0.1, 0.15) is 33.1 Å². The van der Waals surface area contributed by atoms with Crippen LogP contribution in [0.2, 0.25) is 0 Å². The van der Waals surface area contributed by atoms with Crippen LogP contribution in [0.3, 0.4) is 0 Å². The lowest BCUT2D eigenvalue weighted by atomic mass is 10.1. The molecule has 4 heteroatoms. The van der Waals surface area contributed by atoms with E-state index in [1.165, 1.54) is 32.4 Å². The molecule has 1 amide bonds. The number of alkyl carbamates (subject to hydrolysis) is 1. The lowest BCUT2D eigenvalue weighted by Crippen LogP contribution is -2.38. The second kappa shape index (κ2) is 7.49. The molecule has 4 nitrogen and oxygen atoms in total. The third-order valence-electron chi connectivity index (χ3n) is 2.89. The highest BCUT2D eigenvalue weighted by atomic mass is 16.5. The average molecular weight is 228 g/mol. The van der Waals surface area contributed by atoms with Gasteiger partial charge >= 0.3 is 6.09 Å². The summed E-state index contributed by atoms with van der Waals surface area (Å²) in [6.45, 7) is 8.62. The van der Waals surface area contributed by atoms with Crippen LogP contribution in [-0.4, -0.2) is 43.8 Å². The van der Waals surface area contributed by atoms with Crippen molar-refractivity contribution in [2.24, 2.45) is 5.92 Å². The monoisotopic (exact) mass is 228 g/mol. The number of hydrogen-bond donors (Lipinski definition) is 1. The van der Waals surface area contributed by atoms with Crippen LogP contribution >= 0.6 is 0 Å². The number of amides is 1. The predicted octanol–water partition coefficient (Wildman–Crippen LogP) is 1.85. The van der Waals surface area contributed by atoms with E-state index in [0.717, 1.165) is 6.54 Å². The van der Waals surface area contributed by atoms with Gasteiger partial charge in [0.25, 0.3) is 0 Å². The molecular weight excluding hydrogens is 204 g/mol. The Morgan fingerprint density at radius 2 is 2.06 bits per heavy atom. The quantitative estimate of drug-likeness (QED) is 0.781. The van der Waals surface area contributed by atoms with Gasteiger partial charge in [0.15, 0.2) is 0 Å². The number of rotatable bonds is 5. The van der Waals surface area contributed by atoms with Gasteiger partial charge in [-0.1, -0.05) is 13.3 Å². The van der Waals surface area contributed by atoms with Crippen molar-refractivity contribution in [2.45, 2.75) is 33.1 Å². The van der Waals surface area contributed by atoms with Gasteiger partial charge in [-0.15, -0.1) is 0 Å². The first-order chi connectivity index (χ1) is 7.72. The molecule has 1 rings (SSSR count). The highest BCUT2D eigenvalue weighted by Gasteiger charge is 2.13. The summed E-state index contributed by atoms with van der Waals surface area (Å²) in [5.74, 6) is 0.488. The molecule has 0 aromatic heterocycles. The van der Waals surface area contributed by atoms with Gasteiger partial charge in [0, 0.05) is 13.1 Å². The molecule has 0 radical (unpaired) electrons. The number of nitrogens with zero attached hydrogens (tertiary/aromatic N) is 1. The summed E-state index contributed by atoms with van der Waals surface area (Å²) in [7, 11) is 0. The molecular formula is C12H24N2O2. The second-order valence-corrected chi connectivity index (χ2v) is 4.57. The van der Waals surface area contributed by atoms with E-state index in [4.69, 9.17) is 4.74 Å². The number of piperidine rings is 1. The van der Waals surface area contributed by atoms with E-state index in [1.54, 1.807) is 0 Å². The van der Waals surface area contributed by atoms with Gasteiger partial charge in [-0.05, 0) is 38.8 Å². The molecule has 0 spiro atoms. The van der Waals surface area contributed by atoms with Crippen molar-refractivity contribution in [3.63, 3.8) is 0 Å². The normalized spacial score (nSPS) is 19.1. The fourth-order valence-electron chi connectivity index (χ4n) is 2.09. The number of likely N-dealkylation sites (tertiary alicyclic amines) is 1. The molecule has 0 saturated carbocycles. The van der Waals surface area contributed by atoms with Crippen LogP contribution in [0, 0.1) is 5.92 Å². The van der Waals surface area contributed by atoms with Crippen LogP contribution in [0.4, 0.5) is 4.79 Å². The molecule has 0 aliphatic carbocycles. The van der Waals surface area contributed by atoms with Crippen molar-refractivity contribution >= 4 is 6.09 Å². The van der Waals surface area contributed by atoms with E-state index >= 15 is 0 Å². The highest BCUT2D eigenvalue weighted by Crippen LogP contribution is 2.10.